The maximum absolute atomic E-state index is 12.4. The standard InChI is InChI=1S/C14H24N4O/c1-4-11-12(15)13(17-16-11)14(19)18-7-5-10(6-8-18)9(2)3/h9-10H,4-8,15H2,1-3H3,(H,16,17). The molecule has 0 radical (unpaired) electrons. The van der Waals surface area contributed by atoms with Crippen molar-refractivity contribution in [3.63, 3.8) is 0 Å². The highest BCUT2D eigenvalue weighted by atomic mass is 16.2. The summed E-state index contributed by atoms with van der Waals surface area (Å²) in [5.41, 5.74) is 7.70. The number of nitrogens with two attached hydrogens (primary N) is 1. The van der Waals surface area contributed by atoms with Crippen molar-refractivity contribution >= 4 is 11.6 Å². The van der Waals surface area contributed by atoms with E-state index in [1.165, 1.54) is 0 Å². The zero-order chi connectivity index (χ0) is 14.0. The molecule has 0 unspecified atom stereocenters. The molecule has 2 heterocycles. The molecule has 0 aromatic carbocycles. The Labute approximate surface area is 114 Å². The molecule has 2 rings (SSSR count). The molecule has 1 aromatic heterocycles. The van der Waals surface area contributed by atoms with Crippen LogP contribution in [-0.2, 0) is 6.42 Å². The summed E-state index contributed by atoms with van der Waals surface area (Å²) in [5, 5.41) is 6.92. The van der Waals surface area contributed by atoms with E-state index in [1.54, 1.807) is 0 Å². The van der Waals surface area contributed by atoms with Crippen LogP contribution in [0.5, 0.6) is 0 Å². The number of carbonyl (C=O) groups is 1. The number of rotatable bonds is 3. The smallest absolute Gasteiger partial charge is 0.276 e. The third-order valence-corrected chi connectivity index (χ3v) is 4.21. The number of carbonyl (C=O) groups excluding carboxylic acids is 1. The molecule has 0 saturated carbocycles. The number of aromatic nitrogens is 2. The molecule has 3 N–H and O–H groups in total. The highest BCUT2D eigenvalue weighted by molar-refractivity contribution is 5.97. The predicted octanol–water partition coefficient (Wildman–Crippen LogP) is 2.06. The second-order valence-corrected chi connectivity index (χ2v) is 5.69. The van der Waals surface area contributed by atoms with E-state index >= 15 is 0 Å². The quantitative estimate of drug-likeness (QED) is 0.877. The molecule has 1 aliphatic rings. The number of amides is 1. The number of H-pyrrole nitrogens is 1. The van der Waals surface area contributed by atoms with Gasteiger partial charge < -0.3 is 10.6 Å². The van der Waals surface area contributed by atoms with E-state index in [4.69, 9.17) is 5.73 Å². The van der Waals surface area contributed by atoms with E-state index in [1.807, 2.05) is 11.8 Å². The van der Waals surface area contributed by atoms with Crippen molar-refractivity contribution in [2.75, 3.05) is 18.8 Å². The Morgan fingerprint density at radius 3 is 2.58 bits per heavy atom. The van der Waals surface area contributed by atoms with Gasteiger partial charge in [-0.15, -0.1) is 0 Å². The summed E-state index contributed by atoms with van der Waals surface area (Å²) in [6, 6.07) is 0. The predicted molar refractivity (Wildman–Crippen MR) is 75.8 cm³/mol. The van der Waals surface area contributed by atoms with Gasteiger partial charge >= 0.3 is 0 Å². The van der Waals surface area contributed by atoms with Crippen LogP contribution in [0.3, 0.4) is 0 Å². The molecular formula is C14H24N4O. The Morgan fingerprint density at radius 2 is 2.11 bits per heavy atom. The van der Waals surface area contributed by atoms with Gasteiger partial charge in [0.1, 0.15) is 0 Å². The molecule has 1 amide bonds. The fourth-order valence-corrected chi connectivity index (χ4v) is 2.74. The molecule has 0 atom stereocenters. The average molecular weight is 264 g/mol. The molecule has 0 aliphatic carbocycles. The molecule has 106 valence electrons. The minimum absolute atomic E-state index is 0.0318. The first-order valence-corrected chi connectivity index (χ1v) is 7.16. The number of nitrogens with zero attached hydrogens (tertiary/aromatic N) is 2. The van der Waals surface area contributed by atoms with Crippen LogP contribution in [0.25, 0.3) is 0 Å². The number of likely N-dealkylation sites (tertiary alicyclic amines) is 1. The Balaban J connectivity index is 2.03. The lowest BCUT2D eigenvalue weighted by Crippen LogP contribution is -2.39. The molecule has 1 saturated heterocycles. The first-order chi connectivity index (χ1) is 9.04. The summed E-state index contributed by atoms with van der Waals surface area (Å²) in [7, 11) is 0. The molecule has 1 aromatic rings. The van der Waals surface area contributed by atoms with Crippen molar-refractivity contribution in [2.45, 2.75) is 40.0 Å². The molecule has 5 heteroatoms. The Morgan fingerprint density at radius 1 is 1.47 bits per heavy atom. The van der Waals surface area contributed by atoms with Crippen LogP contribution in [0.15, 0.2) is 0 Å². The zero-order valence-corrected chi connectivity index (χ0v) is 12.1. The topological polar surface area (TPSA) is 75.0 Å². The summed E-state index contributed by atoms with van der Waals surface area (Å²) >= 11 is 0. The number of aryl methyl sites for hydroxylation is 1. The third-order valence-electron chi connectivity index (χ3n) is 4.21. The van der Waals surface area contributed by atoms with Crippen LogP contribution < -0.4 is 5.73 Å². The van der Waals surface area contributed by atoms with Gasteiger partial charge in [0.15, 0.2) is 5.69 Å². The average Bonchev–Trinajstić information content (AvgIpc) is 2.79. The number of aromatic amines is 1. The number of nitrogen functional groups attached to an aromatic ring is 1. The molecule has 1 aliphatic heterocycles. The minimum atomic E-state index is -0.0318. The summed E-state index contributed by atoms with van der Waals surface area (Å²) in [6.45, 7) is 8.12. The van der Waals surface area contributed by atoms with Gasteiger partial charge in [0, 0.05) is 13.1 Å². The van der Waals surface area contributed by atoms with E-state index in [9.17, 15) is 4.79 Å². The number of nitrogens with one attached hydrogen (secondary N) is 1. The van der Waals surface area contributed by atoms with Crippen LogP contribution in [0.4, 0.5) is 5.69 Å². The maximum atomic E-state index is 12.4. The normalized spacial score (nSPS) is 17.2. The van der Waals surface area contributed by atoms with E-state index in [0.717, 1.165) is 44.0 Å². The zero-order valence-electron chi connectivity index (χ0n) is 12.1. The lowest BCUT2D eigenvalue weighted by Gasteiger charge is -2.33. The van der Waals surface area contributed by atoms with Crippen molar-refractivity contribution < 1.29 is 4.79 Å². The second-order valence-electron chi connectivity index (χ2n) is 5.69. The largest absolute Gasteiger partial charge is 0.395 e. The monoisotopic (exact) mass is 264 g/mol. The summed E-state index contributed by atoms with van der Waals surface area (Å²) in [5.74, 6) is 1.39. The van der Waals surface area contributed by atoms with Gasteiger partial charge in [-0.2, -0.15) is 5.10 Å². The molecule has 0 spiro atoms. The fraction of sp³-hybridized carbons (Fsp3) is 0.714. The highest BCUT2D eigenvalue weighted by Crippen LogP contribution is 2.26. The van der Waals surface area contributed by atoms with Crippen molar-refractivity contribution in [1.82, 2.24) is 15.1 Å². The van der Waals surface area contributed by atoms with Crippen LogP contribution in [0, 0.1) is 11.8 Å². The van der Waals surface area contributed by atoms with E-state index in [2.05, 4.69) is 24.0 Å². The van der Waals surface area contributed by atoms with E-state index in [0.29, 0.717) is 17.3 Å². The van der Waals surface area contributed by atoms with Gasteiger partial charge in [-0.25, -0.2) is 0 Å². The number of hydrogen-bond acceptors (Lipinski definition) is 3. The maximum Gasteiger partial charge on any atom is 0.276 e. The number of piperidine rings is 1. The van der Waals surface area contributed by atoms with Crippen molar-refractivity contribution in [1.29, 1.82) is 0 Å². The molecular weight excluding hydrogens is 240 g/mol. The van der Waals surface area contributed by atoms with Gasteiger partial charge in [0.2, 0.25) is 0 Å². The van der Waals surface area contributed by atoms with Gasteiger partial charge in [0.25, 0.3) is 5.91 Å². The summed E-state index contributed by atoms with van der Waals surface area (Å²) < 4.78 is 0. The number of hydrogen-bond donors (Lipinski definition) is 2. The second kappa shape index (κ2) is 5.63. The molecule has 0 bridgehead atoms. The van der Waals surface area contributed by atoms with Gasteiger partial charge in [-0.1, -0.05) is 20.8 Å². The Bertz CT molecular complexity index is 444. The summed E-state index contributed by atoms with van der Waals surface area (Å²) in [6.07, 6.45) is 2.92. The highest BCUT2D eigenvalue weighted by Gasteiger charge is 2.27. The SMILES string of the molecule is CCc1[nH]nc(C(=O)N2CCC(C(C)C)CC2)c1N. The fourth-order valence-electron chi connectivity index (χ4n) is 2.74. The van der Waals surface area contributed by atoms with Crippen molar-refractivity contribution in [2.24, 2.45) is 11.8 Å². The lowest BCUT2D eigenvalue weighted by molar-refractivity contribution is 0.0663. The molecule has 19 heavy (non-hydrogen) atoms. The first kappa shape index (κ1) is 13.9. The van der Waals surface area contributed by atoms with Crippen molar-refractivity contribution in [3.05, 3.63) is 11.4 Å². The molecule has 1 fully saturated rings. The Hall–Kier alpha value is -1.52. The Kier molecular flexibility index (Phi) is 4.12. The van der Waals surface area contributed by atoms with Gasteiger partial charge in [-0.05, 0) is 31.1 Å². The molecule has 5 nitrogen and oxygen atoms in total. The van der Waals surface area contributed by atoms with Crippen LogP contribution in [-0.4, -0.2) is 34.1 Å². The number of anilines is 1. The van der Waals surface area contributed by atoms with Crippen LogP contribution >= 0.6 is 0 Å². The van der Waals surface area contributed by atoms with E-state index < -0.39 is 0 Å². The van der Waals surface area contributed by atoms with Gasteiger partial charge in [0.05, 0.1) is 11.4 Å². The first-order valence-electron chi connectivity index (χ1n) is 7.16. The third kappa shape index (κ3) is 2.74. The van der Waals surface area contributed by atoms with Gasteiger partial charge in [-0.3, -0.25) is 9.89 Å². The van der Waals surface area contributed by atoms with E-state index in [-0.39, 0.29) is 5.91 Å². The lowest BCUT2D eigenvalue weighted by atomic mass is 9.86. The van der Waals surface area contributed by atoms with Crippen LogP contribution in [0.1, 0.15) is 49.8 Å². The minimum Gasteiger partial charge on any atom is -0.395 e. The van der Waals surface area contributed by atoms with Crippen molar-refractivity contribution in [3.8, 4) is 0 Å². The summed E-state index contributed by atoms with van der Waals surface area (Å²) in [4.78, 5) is 14.3. The van der Waals surface area contributed by atoms with Crippen LogP contribution in [0.2, 0.25) is 0 Å².